The first-order valence-corrected chi connectivity index (χ1v) is 6.05. The molecule has 96 valence electrons. The van der Waals surface area contributed by atoms with Crippen LogP contribution in [0.25, 0.3) is 0 Å². The predicted molar refractivity (Wildman–Crippen MR) is 61.6 cm³/mol. The normalized spacial score (nSPS) is 31.2. The molecule has 3 atom stereocenters. The van der Waals surface area contributed by atoms with E-state index in [1.807, 2.05) is 6.92 Å². The van der Waals surface area contributed by atoms with Crippen LogP contribution in [0.5, 0.6) is 0 Å². The van der Waals surface area contributed by atoms with E-state index in [1.54, 1.807) is 0 Å². The minimum atomic E-state index is -0.391. The summed E-state index contributed by atoms with van der Waals surface area (Å²) in [6.07, 6.45) is 3.38. The van der Waals surface area contributed by atoms with Gasteiger partial charge in [-0.15, -0.1) is 0 Å². The maximum atomic E-state index is 11.9. The van der Waals surface area contributed by atoms with Crippen molar-refractivity contribution in [3.8, 4) is 0 Å². The topological polar surface area (TPSA) is 96.9 Å². The summed E-state index contributed by atoms with van der Waals surface area (Å²) in [4.78, 5) is 11.9. The van der Waals surface area contributed by atoms with Crippen LogP contribution < -0.4 is 11.1 Å². The first-order valence-electron chi connectivity index (χ1n) is 6.05. The molecule has 0 spiro atoms. The molecular weight excluding hydrogens is 222 g/mol. The van der Waals surface area contributed by atoms with Gasteiger partial charge in [0.25, 0.3) is 0 Å². The molecule has 6 nitrogen and oxygen atoms in total. The monoisotopic (exact) mass is 241 g/mol. The van der Waals surface area contributed by atoms with Crippen LogP contribution in [0.3, 0.4) is 0 Å². The average molecular weight is 241 g/mol. The fourth-order valence-electron chi connectivity index (χ4n) is 2.17. The van der Waals surface area contributed by atoms with Crippen molar-refractivity contribution in [2.75, 3.05) is 0 Å². The van der Waals surface area contributed by atoms with Crippen LogP contribution >= 0.6 is 0 Å². The van der Waals surface area contributed by atoms with Crippen molar-refractivity contribution >= 4 is 11.7 Å². The van der Waals surface area contributed by atoms with Gasteiger partial charge in [0.05, 0.1) is 12.1 Å². The number of nitrogens with one attached hydrogen (secondary N) is 1. The molecule has 0 radical (unpaired) electrons. The number of nitrogens with two attached hydrogens (primary N) is 1. The second kappa shape index (κ2) is 4.91. The Kier molecular flexibility index (Phi) is 3.51. The average Bonchev–Trinajstić information content (AvgIpc) is 3.06. The van der Waals surface area contributed by atoms with Crippen molar-refractivity contribution in [3.05, 3.63) is 0 Å². The molecule has 6 heteroatoms. The van der Waals surface area contributed by atoms with Crippen molar-refractivity contribution in [3.63, 3.8) is 0 Å². The number of nitrogens with zero attached hydrogens (tertiary/aromatic N) is 1. The summed E-state index contributed by atoms with van der Waals surface area (Å²) in [5.74, 6) is 0.221. The first-order chi connectivity index (χ1) is 8.11. The van der Waals surface area contributed by atoms with E-state index in [0.717, 1.165) is 25.7 Å². The van der Waals surface area contributed by atoms with Crippen LogP contribution in [0.2, 0.25) is 0 Å². The van der Waals surface area contributed by atoms with Gasteiger partial charge in [0, 0.05) is 0 Å². The molecule has 1 aliphatic heterocycles. The zero-order valence-electron chi connectivity index (χ0n) is 9.93. The number of carbonyl (C=O) groups excluding carboxylic acids is 1. The Morgan fingerprint density at radius 2 is 2.18 bits per heavy atom. The Bertz CT molecular complexity index is 328. The molecule has 4 N–H and O–H groups in total. The van der Waals surface area contributed by atoms with Crippen molar-refractivity contribution in [1.82, 2.24) is 5.32 Å². The van der Waals surface area contributed by atoms with Crippen LogP contribution in [0.15, 0.2) is 5.16 Å². The molecule has 0 bridgehead atoms. The summed E-state index contributed by atoms with van der Waals surface area (Å²) in [6, 6.07) is -0.355. The van der Waals surface area contributed by atoms with Gasteiger partial charge in [0.2, 0.25) is 5.91 Å². The highest BCUT2D eigenvalue weighted by Gasteiger charge is 2.37. The van der Waals surface area contributed by atoms with E-state index in [-0.39, 0.29) is 23.9 Å². The van der Waals surface area contributed by atoms with E-state index in [0.29, 0.717) is 5.92 Å². The van der Waals surface area contributed by atoms with Crippen molar-refractivity contribution < 1.29 is 14.7 Å². The second-order valence-corrected chi connectivity index (χ2v) is 4.86. The van der Waals surface area contributed by atoms with Gasteiger partial charge in [-0.25, -0.2) is 0 Å². The van der Waals surface area contributed by atoms with E-state index in [2.05, 4.69) is 10.5 Å². The number of hydrogen-bond donors (Lipinski definition) is 3. The fourth-order valence-corrected chi connectivity index (χ4v) is 2.17. The minimum Gasteiger partial charge on any atom is -0.409 e. The third-order valence-corrected chi connectivity index (χ3v) is 3.35. The SMILES string of the molecule is CC1CCC(C(=O)NC(C(N)=NO)C2CC2)O1. The largest absolute Gasteiger partial charge is 0.409 e. The second-order valence-electron chi connectivity index (χ2n) is 4.86. The van der Waals surface area contributed by atoms with E-state index >= 15 is 0 Å². The van der Waals surface area contributed by atoms with Crippen molar-refractivity contribution in [1.29, 1.82) is 0 Å². The van der Waals surface area contributed by atoms with E-state index < -0.39 is 6.10 Å². The Morgan fingerprint density at radius 1 is 1.47 bits per heavy atom. The van der Waals surface area contributed by atoms with Gasteiger partial charge < -0.3 is 21.0 Å². The maximum Gasteiger partial charge on any atom is 0.249 e. The molecule has 2 fully saturated rings. The molecule has 0 aromatic heterocycles. The molecule has 1 amide bonds. The highest BCUT2D eigenvalue weighted by atomic mass is 16.5. The van der Waals surface area contributed by atoms with Gasteiger partial charge in [-0.05, 0) is 38.5 Å². The zero-order valence-corrected chi connectivity index (χ0v) is 9.93. The lowest BCUT2D eigenvalue weighted by atomic mass is 10.1. The number of ether oxygens (including phenoxy) is 1. The van der Waals surface area contributed by atoms with Crippen LogP contribution in [-0.2, 0) is 9.53 Å². The molecule has 1 saturated heterocycles. The number of amides is 1. The Hall–Kier alpha value is -1.30. The van der Waals surface area contributed by atoms with Gasteiger partial charge in [0.1, 0.15) is 6.10 Å². The van der Waals surface area contributed by atoms with Gasteiger partial charge in [0.15, 0.2) is 5.84 Å². The smallest absolute Gasteiger partial charge is 0.249 e. The lowest BCUT2D eigenvalue weighted by molar-refractivity contribution is -0.132. The number of amidine groups is 1. The minimum absolute atomic E-state index is 0.0758. The molecule has 0 aromatic carbocycles. The highest BCUT2D eigenvalue weighted by Crippen LogP contribution is 2.33. The third kappa shape index (κ3) is 2.88. The summed E-state index contributed by atoms with van der Waals surface area (Å²) in [6.45, 7) is 1.95. The summed E-state index contributed by atoms with van der Waals surface area (Å²) < 4.78 is 5.48. The molecule has 1 aliphatic carbocycles. The van der Waals surface area contributed by atoms with Gasteiger partial charge in [-0.2, -0.15) is 0 Å². The number of oxime groups is 1. The fraction of sp³-hybridized carbons (Fsp3) is 0.818. The summed E-state index contributed by atoms with van der Waals surface area (Å²) >= 11 is 0. The van der Waals surface area contributed by atoms with Crippen LogP contribution in [0, 0.1) is 5.92 Å². The number of hydrogen-bond acceptors (Lipinski definition) is 4. The van der Waals surface area contributed by atoms with Crippen molar-refractivity contribution in [2.24, 2.45) is 16.8 Å². The van der Waals surface area contributed by atoms with Gasteiger partial charge in [-0.3, -0.25) is 4.79 Å². The number of rotatable bonds is 4. The molecular formula is C11H19N3O3. The molecule has 2 aliphatic rings. The van der Waals surface area contributed by atoms with Gasteiger partial charge in [-0.1, -0.05) is 5.16 Å². The third-order valence-electron chi connectivity index (χ3n) is 3.35. The molecule has 0 aromatic rings. The van der Waals surface area contributed by atoms with Gasteiger partial charge >= 0.3 is 0 Å². The molecule has 1 heterocycles. The molecule has 3 unspecified atom stereocenters. The molecule has 1 saturated carbocycles. The maximum absolute atomic E-state index is 11.9. The van der Waals surface area contributed by atoms with E-state index in [9.17, 15) is 4.79 Å². The summed E-state index contributed by atoms with van der Waals surface area (Å²) in [7, 11) is 0. The Labute approximate surface area is 100 Å². The van der Waals surface area contributed by atoms with Crippen molar-refractivity contribution in [2.45, 2.75) is 50.9 Å². The summed E-state index contributed by atoms with van der Waals surface area (Å²) in [5, 5.41) is 14.5. The quantitative estimate of drug-likeness (QED) is 0.283. The number of carbonyl (C=O) groups is 1. The lowest BCUT2D eigenvalue weighted by Gasteiger charge is -2.19. The zero-order chi connectivity index (χ0) is 12.4. The van der Waals surface area contributed by atoms with Crippen LogP contribution in [0.4, 0.5) is 0 Å². The Balaban J connectivity index is 1.91. The Morgan fingerprint density at radius 3 is 2.65 bits per heavy atom. The van der Waals surface area contributed by atoms with Crippen LogP contribution in [-0.4, -0.2) is 35.2 Å². The van der Waals surface area contributed by atoms with Crippen LogP contribution in [0.1, 0.15) is 32.6 Å². The van der Waals surface area contributed by atoms with E-state index in [1.165, 1.54) is 0 Å². The predicted octanol–water partition coefficient (Wildman–Crippen LogP) is 0.195. The lowest BCUT2D eigenvalue weighted by Crippen LogP contribution is -2.49. The van der Waals surface area contributed by atoms with E-state index in [4.69, 9.17) is 15.7 Å². The summed E-state index contributed by atoms with van der Waals surface area (Å²) in [5.41, 5.74) is 5.58. The highest BCUT2D eigenvalue weighted by molar-refractivity contribution is 5.91. The standard InChI is InChI=1S/C11H19N3O3/c1-6-2-5-8(17-6)11(15)13-9(7-3-4-7)10(12)14-16/h6-9,16H,2-5H2,1H3,(H2,12,14)(H,13,15). The first kappa shape index (κ1) is 12.2. The molecule has 17 heavy (non-hydrogen) atoms. The molecule has 2 rings (SSSR count).